The number of rotatable bonds is 10. The van der Waals surface area contributed by atoms with E-state index in [4.69, 9.17) is 28.2 Å². The summed E-state index contributed by atoms with van der Waals surface area (Å²) in [5.41, 5.74) is 3.26. The second-order valence-corrected chi connectivity index (χ2v) is 8.85. The maximum atomic E-state index is 5.93. The molecule has 32 heavy (non-hydrogen) atoms. The smallest absolute Gasteiger partial charge is 0.0808 e. The number of alkyl halides is 2. The minimum Gasteiger partial charge on any atom is -0.381 e. The number of nitrogens with zero attached hydrogens (tertiary/aromatic N) is 2. The van der Waals surface area contributed by atoms with Crippen LogP contribution in [0.25, 0.3) is 32.6 Å². The monoisotopic (exact) mass is 489 g/mol. The van der Waals surface area contributed by atoms with Crippen LogP contribution in [0.15, 0.2) is 60.7 Å². The van der Waals surface area contributed by atoms with Crippen LogP contribution in [0, 0.1) is 0 Å². The van der Waals surface area contributed by atoms with Gasteiger partial charge in [-0.3, -0.25) is 0 Å². The van der Waals surface area contributed by atoms with Crippen molar-refractivity contribution in [2.45, 2.75) is 25.8 Å². The topological polar surface area (TPSA) is 28.2 Å². The zero-order valence-electron chi connectivity index (χ0n) is 18.4. The largest absolute Gasteiger partial charge is 0.381 e. The lowest BCUT2D eigenvalue weighted by molar-refractivity contribution is 0.298. The van der Waals surface area contributed by atoms with Gasteiger partial charge in [-0.25, -0.2) is 4.98 Å². The number of benzene rings is 3. The van der Waals surface area contributed by atoms with Crippen LogP contribution in [0.5, 0.6) is 0 Å². The summed E-state index contributed by atoms with van der Waals surface area (Å²) in [5, 5.41) is 8.58. The van der Waals surface area contributed by atoms with E-state index >= 15 is 0 Å². The van der Waals surface area contributed by atoms with Crippen molar-refractivity contribution < 1.29 is 0 Å². The fraction of sp³-hybridized carbons (Fsp3) is 0.346. The number of aromatic nitrogens is 1. The van der Waals surface area contributed by atoms with Gasteiger partial charge in [0.1, 0.15) is 0 Å². The zero-order valence-corrected chi connectivity index (χ0v) is 20.7. The number of halogens is 3. The average molecular weight is 491 g/mol. The molecule has 0 spiro atoms. The fourth-order valence-electron chi connectivity index (χ4n) is 4.29. The third-order valence-electron chi connectivity index (χ3n) is 5.88. The highest BCUT2D eigenvalue weighted by atomic mass is 35.5. The summed E-state index contributed by atoms with van der Waals surface area (Å²) in [5.74, 6) is 1.29. The number of anilines is 1. The molecule has 1 aromatic heterocycles. The SMILES string of the molecule is CC(CCCN(CCCl)CCCl)Nc1c2ccccc2nc2c1ccc1ccccc12.Cl. The van der Waals surface area contributed by atoms with Gasteiger partial charge in [0.2, 0.25) is 0 Å². The summed E-state index contributed by atoms with van der Waals surface area (Å²) in [6.45, 7) is 5.06. The first-order valence-corrected chi connectivity index (χ1v) is 12.1. The Morgan fingerprint density at radius 2 is 1.53 bits per heavy atom. The molecule has 0 fully saturated rings. The first-order valence-electron chi connectivity index (χ1n) is 11.0. The molecule has 0 saturated heterocycles. The molecule has 4 aromatic rings. The maximum absolute atomic E-state index is 5.93. The Morgan fingerprint density at radius 1 is 0.844 bits per heavy atom. The molecule has 1 N–H and O–H groups in total. The van der Waals surface area contributed by atoms with E-state index < -0.39 is 0 Å². The quantitative estimate of drug-likeness (QED) is 0.143. The normalized spacial score (nSPS) is 12.4. The van der Waals surface area contributed by atoms with Gasteiger partial charge in [0.05, 0.1) is 16.7 Å². The predicted octanol–water partition coefficient (Wildman–Crippen LogP) is 7.32. The van der Waals surface area contributed by atoms with Gasteiger partial charge in [0.15, 0.2) is 0 Å². The Kier molecular flexibility index (Phi) is 9.24. The van der Waals surface area contributed by atoms with Crippen LogP contribution >= 0.6 is 35.6 Å². The second kappa shape index (κ2) is 11.9. The van der Waals surface area contributed by atoms with Gasteiger partial charge in [-0.05, 0) is 37.8 Å². The van der Waals surface area contributed by atoms with Gasteiger partial charge in [0, 0.05) is 47.1 Å². The number of nitrogens with one attached hydrogen (secondary N) is 1. The number of para-hydroxylation sites is 1. The third-order valence-corrected chi connectivity index (χ3v) is 6.22. The molecule has 1 unspecified atom stereocenters. The third kappa shape index (κ3) is 5.58. The van der Waals surface area contributed by atoms with Crippen molar-refractivity contribution in [2.75, 3.05) is 36.7 Å². The molecule has 0 amide bonds. The minimum atomic E-state index is 0. The van der Waals surface area contributed by atoms with Gasteiger partial charge in [-0.1, -0.05) is 54.6 Å². The van der Waals surface area contributed by atoms with Gasteiger partial charge >= 0.3 is 0 Å². The van der Waals surface area contributed by atoms with Crippen molar-refractivity contribution >= 4 is 73.9 Å². The van der Waals surface area contributed by atoms with Crippen molar-refractivity contribution in [3.63, 3.8) is 0 Å². The molecule has 1 atom stereocenters. The molecule has 170 valence electrons. The van der Waals surface area contributed by atoms with Crippen LogP contribution in [-0.2, 0) is 0 Å². The average Bonchev–Trinajstić information content (AvgIpc) is 2.79. The van der Waals surface area contributed by atoms with Crippen LogP contribution in [-0.4, -0.2) is 47.3 Å². The van der Waals surface area contributed by atoms with E-state index in [9.17, 15) is 0 Å². The Hall–Kier alpha value is -1.78. The van der Waals surface area contributed by atoms with E-state index in [1.807, 2.05) is 0 Å². The summed E-state index contributed by atoms with van der Waals surface area (Å²) in [6.07, 6.45) is 2.18. The zero-order chi connectivity index (χ0) is 21.6. The van der Waals surface area contributed by atoms with Gasteiger partial charge < -0.3 is 10.2 Å². The van der Waals surface area contributed by atoms with Crippen LogP contribution in [0.3, 0.4) is 0 Å². The molecular weight excluding hydrogens is 461 g/mol. The lowest BCUT2D eigenvalue weighted by Crippen LogP contribution is -2.30. The van der Waals surface area contributed by atoms with Crippen molar-refractivity contribution in [2.24, 2.45) is 0 Å². The predicted molar refractivity (Wildman–Crippen MR) is 144 cm³/mol. The number of hydrogen-bond acceptors (Lipinski definition) is 3. The highest BCUT2D eigenvalue weighted by Crippen LogP contribution is 2.35. The molecule has 6 heteroatoms. The summed E-state index contributed by atoms with van der Waals surface area (Å²) in [7, 11) is 0. The number of pyridine rings is 1. The maximum Gasteiger partial charge on any atom is 0.0808 e. The van der Waals surface area contributed by atoms with E-state index in [1.54, 1.807) is 0 Å². The van der Waals surface area contributed by atoms with E-state index in [-0.39, 0.29) is 12.4 Å². The molecule has 4 rings (SSSR count). The molecular formula is C26H30Cl3N3. The van der Waals surface area contributed by atoms with Crippen LogP contribution in [0.1, 0.15) is 19.8 Å². The van der Waals surface area contributed by atoms with Crippen LogP contribution in [0.4, 0.5) is 5.69 Å². The highest BCUT2D eigenvalue weighted by molar-refractivity contribution is 6.18. The Labute approximate surface area is 206 Å². The van der Waals surface area contributed by atoms with E-state index in [0.29, 0.717) is 17.8 Å². The summed E-state index contributed by atoms with van der Waals surface area (Å²) in [6, 6.07) is 21.6. The lowest BCUT2D eigenvalue weighted by atomic mass is 10.0. The van der Waals surface area contributed by atoms with E-state index in [1.165, 1.54) is 27.2 Å². The van der Waals surface area contributed by atoms with Crippen molar-refractivity contribution in [1.29, 1.82) is 0 Å². The molecule has 3 aromatic carbocycles. The molecule has 0 saturated carbocycles. The van der Waals surface area contributed by atoms with Crippen molar-refractivity contribution in [1.82, 2.24) is 9.88 Å². The first kappa shape index (κ1) is 24.9. The van der Waals surface area contributed by atoms with Crippen molar-refractivity contribution in [3.8, 4) is 0 Å². The van der Waals surface area contributed by atoms with Crippen LogP contribution in [0.2, 0.25) is 0 Å². The molecule has 0 aliphatic heterocycles. The lowest BCUT2D eigenvalue weighted by Gasteiger charge is -2.22. The molecule has 1 heterocycles. The summed E-state index contributed by atoms with van der Waals surface area (Å²) >= 11 is 11.9. The minimum absolute atomic E-state index is 0. The van der Waals surface area contributed by atoms with E-state index in [2.05, 4.69) is 77.8 Å². The van der Waals surface area contributed by atoms with Gasteiger partial charge in [-0.15, -0.1) is 35.6 Å². The number of fused-ring (bicyclic) bond motifs is 4. The standard InChI is InChI=1S/C26H29Cl2N3.ClH/c1-19(7-6-16-31(17-14-27)18-15-28)29-26-22-10-4-5-11-24(22)30-25-21-9-3-2-8-20(21)12-13-23(25)26;/h2-5,8-13,19H,6-7,14-18H2,1H3,(H,29,30);1H. The highest BCUT2D eigenvalue weighted by Gasteiger charge is 2.14. The van der Waals surface area contributed by atoms with Gasteiger partial charge in [-0.2, -0.15) is 0 Å². The fourth-order valence-corrected chi connectivity index (χ4v) is 4.77. The van der Waals surface area contributed by atoms with Crippen LogP contribution < -0.4 is 5.32 Å². The second-order valence-electron chi connectivity index (χ2n) is 8.09. The summed E-state index contributed by atoms with van der Waals surface area (Å²) in [4.78, 5) is 7.37. The molecule has 0 aliphatic carbocycles. The number of hydrogen-bond donors (Lipinski definition) is 1. The molecule has 0 bridgehead atoms. The first-order chi connectivity index (χ1) is 15.2. The van der Waals surface area contributed by atoms with Crippen molar-refractivity contribution in [3.05, 3.63) is 60.7 Å². The molecule has 0 radical (unpaired) electrons. The Balaban J connectivity index is 0.00000289. The van der Waals surface area contributed by atoms with E-state index in [0.717, 1.165) is 43.5 Å². The van der Waals surface area contributed by atoms with Gasteiger partial charge in [0.25, 0.3) is 0 Å². The summed E-state index contributed by atoms with van der Waals surface area (Å²) < 4.78 is 0. The molecule has 3 nitrogen and oxygen atoms in total. The Morgan fingerprint density at radius 3 is 2.28 bits per heavy atom. The Bertz CT molecular complexity index is 1160. The molecule has 0 aliphatic rings.